The van der Waals surface area contributed by atoms with Crippen LogP contribution >= 0.6 is 0 Å². The fourth-order valence-corrected chi connectivity index (χ4v) is 5.04. The fraction of sp³-hybridized carbons (Fsp3) is 0.367. The van der Waals surface area contributed by atoms with Crippen LogP contribution in [-0.4, -0.2) is 44.5 Å². The van der Waals surface area contributed by atoms with Crippen molar-refractivity contribution in [3.05, 3.63) is 88.7 Å². The number of carbonyl (C=O) groups is 1. The van der Waals surface area contributed by atoms with Crippen molar-refractivity contribution in [1.82, 2.24) is 10.2 Å². The lowest BCUT2D eigenvalue weighted by Crippen LogP contribution is -2.42. The van der Waals surface area contributed by atoms with Gasteiger partial charge in [-0.25, -0.2) is 13.2 Å². The summed E-state index contributed by atoms with van der Waals surface area (Å²) in [4.78, 5) is 14.4. The molecule has 0 spiro atoms. The normalized spacial score (nSPS) is 14.9. The molecule has 0 saturated carbocycles. The summed E-state index contributed by atoms with van der Waals surface area (Å²) < 4.78 is 46.2. The number of aryl methyl sites for hydroxylation is 1. The minimum absolute atomic E-state index is 0.0130. The standard InChI is InChI=1S/C30H34F3N3O2/c1-20-4-7-22(35-29(37)10-15-36(2)3)16-24(20)30(11-13-34-14-12-30)19-21-5-8-23(9-6-21)38-28-18-26(32)25(31)17-27(28)33/h4-9,16-18,34H,10-15,19H2,1-3H3,(H,35,37). The topological polar surface area (TPSA) is 53.6 Å². The van der Waals surface area contributed by atoms with Crippen LogP contribution in [0.2, 0.25) is 0 Å². The SMILES string of the molecule is Cc1ccc(NC(=O)CCN(C)C)cc1C1(Cc2ccc(Oc3cc(F)c(F)cc3F)cc2)CCNCC1. The summed E-state index contributed by atoms with van der Waals surface area (Å²) in [6.45, 7) is 4.55. The number of benzene rings is 3. The summed E-state index contributed by atoms with van der Waals surface area (Å²) in [5, 5.41) is 6.50. The van der Waals surface area contributed by atoms with Gasteiger partial charge in [0.25, 0.3) is 0 Å². The Hall–Kier alpha value is -3.36. The Bertz CT molecular complexity index is 1270. The second-order valence-corrected chi connectivity index (χ2v) is 10.3. The van der Waals surface area contributed by atoms with Crippen molar-refractivity contribution in [2.45, 2.75) is 38.0 Å². The summed E-state index contributed by atoms with van der Waals surface area (Å²) in [5.74, 6) is -3.45. The molecule has 8 heteroatoms. The maximum Gasteiger partial charge on any atom is 0.225 e. The third kappa shape index (κ3) is 6.74. The maximum atomic E-state index is 14.0. The first-order valence-corrected chi connectivity index (χ1v) is 12.8. The summed E-state index contributed by atoms with van der Waals surface area (Å²) in [5.41, 5.74) is 4.13. The zero-order chi connectivity index (χ0) is 27.3. The van der Waals surface area contributed by atoms with E-state index in [0.717, 1.165) is 43.6 Å². The minimum Gasteiger partial charge on any atom is -0.454 e. The number of amides is 1. The largest absolute Gasteiger partial charge is 0.454 e. The minimum atomic E-state index is -1.26. The van der Waals surface area contributed by atoms with Crippen LogP contribution in [0.4, 0.5) is 18.9 Å². The molecule has 1 aliphatic rings. The molecule has 1 saturated heterocycles. The molecule has 0 aromatic heterocycles. The van der Waals surface area contributed by atoms with Gasteiger partial charge < -0.3 is 20.3 Å². The molecule has 1 heterocycles. The van der Waals surface area contributed by atoms with Crippen LogP contribution in [0.5, 0.6) is 11.5 Å². The van der Waals surface area contributed by atoms with Crippen molar-refractivity contribution in [3.8, 4) is 11.5 Å². The molecule has 0 radical (unpaired) electrons. The van der Waals surface area contributed by atoms with Crippen LogP contribution in [0.15, 0.2) is 54.6 Å². The van der Waals surface area contributed by atoms with E-state index in [-0.39, 0.29) is 17.1 Å². The highest BCUT2D eigenvalue weighted by Crippen LogP contribution is 2.40. The maximum absolute atomic E-state index is 14.0. The lowest BCUT2D eigenvalue weighted by molar-refractivity contribution is -0.116. The highest BCUT2D eigenvalue weighted by molar-refractivity contribution is 5.91. The summed E-state index contributed by atoms with van der Waals surface area (Å²) in [6, 6.07) is 14.5. The molecule has 4 rings (SSSR count). The smallest absolute Gasteiger partial charge is 0.225 e. The second-order valence-electron chi connectivity index (χ2n) is 10.3. The van der Waals surface area contributed by atoms with Crippen LogP contribution in [0.25, 0.3) is 0 Å². The molecule has 38 heavy (non-hydrogen) atoms. The molecule has 0 unspecified atom stereocenters. The molecule has 0 bridgehead atoms. The highest BCUT2D eigenvalue weighted by atomic mass is 19.2. The van der Waals surface area contributed by atoms with Gasteiger partial charge in [-0.3, -0.25) is 4.79 Å². The lowest BCUT2D eigenvalue weighted by Gasteiger charge is -2.40. The Morgan fingerprint density at radius 3 is 2.34 bits per heavy atom. The van der Waals surface area contributed by atoms with Gasteiger partial charge in [0.15, 0.2) is 23.2 Å². The predicted molar refractivity (Wildman–Crippen MR) is 143 cm³/mol. The summed E-state index contributed by atoms with van der Waals surface area (Å²) >= 11 is 0. The number of piperidine rings is 1. The van der Waals surface area contributed by atoms with Gasteiger partial charge in [0.1, 0.15) is 5.75 Å². The zero-order valence-electron chi connectivity index (χ0n) is 22.0. The average Bonchev–Trinajstić information content (AvgIpc) is 2.89. The van der Waals surface area contributed by atoms with E-state index in [2.05, 4.69) is 29.7 Å². The van der Waals surface area contributed by atoms with E-state index in [1.165, 1.54) is 11.1 Å². The van der Waals surface area contributed by atoms with Gasteiger partial charge in [0.05, 0.1) is 0 Å². The first kappa shape index (κ1) is 27.7. The number of nitrogens with zero attached hydrogens (tertiary/aromatic N) is 1. The van der Waals surface area contributed by atoms with Crippen LogP contribution in [0.1, 0.15) is 36.0 Å². The van der Waals surface area contributed by atoms with Gasteiger partial charge in [-0.15, -0.1) is 0 Å². The highest BCUT2D eigenvalue weighted by Gasteiger charge is 2.35. The summed E-state index contributed by atoms with van der Waals surface area (Å²) in [7, 11) is 3.88. The van der Waals surface area contributed by atoms with E-state index >= 15 is 0 Å². The number of hydrogen-bond acceptors (Lipinski definition) is 4. The lowest BCUT2D eigenvalue weighted by atomic mass is 9.68. The Morgan fingerprint density at radius 1 is 0.974 bits per heavy atom. The van der Waals surface area contributed by atoms with Gasteiger partial charge in [0, 0.05) is 36.2 Å². The van der Waals surface area contributed by atoms with E-state index < -0.39 is 17.5 Å². The zero-order valence-corrected chi connectivity index (χ0v) is 22.0. The van der Waals surface area contributed by atoms with E-state index in [1.54, 1.807) is 12.1 Å². The van der Waals surface area contributed by atoms with Crippen LogP contribution in [-0.2, 0) is 16.6 Å². The molecule has 202 valence electrons. The number of ether oxygens (including phenoxy) is 1. The Kier molecular flexibility index (Phi) is 8.74. The number of nitrogens with one attached hydrogen (secondary N) is 2. The van der Waals surface area contributed by atoms with Crippen LogP contribution in [0.3, 0.4) is 0 Å². The Balaban J connectivity index is 1.54. The van der Waals surface area contributed by atoms with Crippen LogP contribution in [0, 0.1) is 24.4 Å². The van der Waals surface area contributed by atoms with E-state index in [0.29, 0.717) is 30.8 Å². The first-order valence-electron chi connectivity index (χ1n) is 12.8. The van der Waals surface area contributed by atoms with Crippen molar-refractivity contribution in [2.75, 3.05) is 39.0 Å². The third-order valence-electron chi connectivity index (χ3n) is 7.11. The van der Waals surface area contributed by atoms with E-state index in [4.69, 9.17) is 4.74 Å². The molecular formula is C30H34F3N3O2. The number of hydrogen-bond donors (Lipinski definition) is 2. The van der Waals surface area contributed by atoms with Crippen molar-refractivity contribution in [1.29, 1.82) is 0 Å². The van der Waals surface area contributed by atoms with Gasteiger partial charge in [-0.05, 0) is 94.3 Å². The summed E-state index contributed by atoms with van der Waals surface area (Å²) in [6.07, 6.45) is 3.07. The quantitative estimate of drug-likeness (QED) is 0.339. The monoisotopic (exact) mass is 525 g/mol. The van der Waals surface area contributed by atoms with Crippen molar-refractivity contribution < 1.29 is 22.7 Å². The third-order valence-corrected chi connectivity index (χ3v) is 7.11. The van der Waals surface area contributed by atoms with Crippen molar-refractivity contribution in [3.63, 3.8) is 0 Å². The Labute approximate surface area is 222 Å². The molecule has 1 fully saturated rings. The van der Waals surface area contributed by atoms with Crippen molar-refractivity contribution in [2.24, 2.45) is 0 Å². The molecule has 1 aliphatic heterocycles. The van der Waals surface area contributed by atoms with Gasteiger partial charge >= 0.3 is 0 Å². The predicted octanol–water partition coefficient (Wildman–Crippen LogP) is 5.96. The van der Waals surface area contributed by atoms with Crippen LogP contribution < -0.4 is 15.4 Å². The number of rotatable bonds is 9. The molecule has 3 aromatic rings. The molecule has 0 atom stereocenters. The van der Waals surface area contributed by atoms with Gasteiger partial charge in [0.2, 0.25) is 5.91 Å². The molecule has 0 aliphatic carbocycles. The van der Waals surface area contributed by atoms with Crippen molar-refractivity contribution >= 4 is 11.6 Å². The Morgan fingerprint density at radius 2 is 1.66 bits per heavy atom. The molecule has 2 N–H and O–H groups in total. The van der Waals surface area contributed by atoms with Gasteiger partial charge in [-0.1, -0.05) is 18.2 Å². The average molecular weight is 526 g/mol. The number of carbonyl (C=O) groups excluding carboxylic acids is 1. The number of halogens is 3. The molecule has 3 aromatic carbocycles. The first-order chi connectivity index (χ1) is 18.1. The van der Waals surface area contributed by atoms with E-state index in [1.807, 2.05) is 37.2 Å². The molecular weight excluding hydrogens is 491 g/mol. The molecule has 1 amide bonds. The van der Waals surface area contributed by atoms with E-state index in [9.17, 15) is 18.0 Å². The van der Waals surface area contributed by atoms with Gasteiger partial charge in [-0.2, -0.15) is 0 Å². The number of anilines is 1. The fourth-order valence-electron chi connectivity index (χ4n) is 5.04. The molecule has 5 nitrogen and oxygen atoms in total. The second kappa shape index (κ2) is 12.0.